The molecule has 0 bridgehead atoms. The van der Waals surface area contributed by atoms with Gasteiger partial charge in [0.1, 0.15) is 6.33 Å². The van der Waals surface area contributed by atoms with E-state index in [2.05, 4.69) is 20.8 Å². The van der Waals surface area contributed by atoms with Crippen LogP contribution < -0.4 is 15.8 Å². The van der Waals surface area contributed by atoms with E-state index in [9.17, 15) is 25.0 Å². The lowest BCUT2D eigenvalue weighted by atomic mass is 10.2. The monoisotopic (exact) mass is 423 g/mol. The number of rotatable bonds is 8. The number of benzene rings is 2. The van der Waals surface area contributed by atoms with E-state index in [1.165, 1.54) is 18.2 Å². The third-order valence-electron chi connectivity index (χ3n) is 4.22. The second-order valence-electron chi connectivity index (χ2n) is 6.38. The van der Waals surface area contributed by atoms with Gasteiger partial charge in [0.2, 0.25) is 11.6 Å². The van der Waals surface area contributed by atoms with Crippen LogP contribution in [0.4, 0.5) is 23.0 Å². The molecule has 0 unspecified atom stereocenters. The number of anilines is 2. The number of carbonyl (C=O) groups is 1. The second kappa shape index (κ2) is 9.26. The molecule has 12 heteroatoms. The third kappa shape index (κ3) is 5.06. The minimum absolute atomic E-state index is 0.000159. The number of nitrogens with zero attached hydrogens (tertiary/aromatic N) is 5. The Labute approximate surface area is 175 Å². The predicted octanol–water partition coefficient (Wildman–Crippen LogP) is 2.69. The maximum Gasteiger partial charge on any atom is 0.355 e. The summed E-state index contributed by atoms with van der Waals surface area (Å²) in [6, 6.07) is 14.4. The summed E-state index contributed by atoms with van der Waals surface area (Å²) in [4.78, 5) is 43.1. The Bertz CT molecular complexity index is 1120. The highest BCUT2D eigenvalue weighted by Gasteiger charge is 2.26. The lowest BCUT2D eigenvalue weighted by Gasteiger charge is -2.19. The normalized spacial score (nSPS) is 10.2. The van der Waals surface area contributed by atoms with Crippen molar-refractivity contribution in [3.63, 3.8) is 0 Å². The van der Waals surface area contributed by atoms with Crippen molar-refractivity contribution in [1.29, 1.82) is 0 Å². The Morgan fingerprint density at radius 3 is 2.45 bits per heavy atom. The predicted molar refractivity (Wildman–Crippen MR) is 111 cm³/mol. The quantitative estimate of drug-likeness (QED) is 0.410. The lowest BCUT2D eigenvalue weighted by molar-refractivity contribution is -0.384. The van der Waals surface area contributed by atoms with Gasteiger partial charge in [0.25, 0.3) is 11.6 Å². The number of amides is 1. The second-order valence-corrected chi connectivity index (χ2v) is 6.38. The van der Waals surface area contributed by atoms with E-state index < -0.39 is 21.4 Å². The van der Waals surface area contributed by atoms with Crippen molar-refractivity contribution < 1.29 is 14.6 Å². The number of nitrogens with one attached hydrogen (secondary N) is 2. The number of hydrazine groups is 1. The molecule has 31 heavy (non-hydrogen) atoms. The number of hydrogen-bond acceptors (Lipinski definition) is 9. The molecule has 12 nitrogen and oxygen atoms in total. The number of nitro benzene ring substituents is 1. The van der Waals surface area contributed by atoms with Gasteiger partial charge in [-0.05, 0) is 11.6 Å². The van der Waals surface area contributed by atoms with Crippen molar-refractivity contribution in [2.24, 2.45) is 0 Å². The van der Waals surface area contributed by atoms with Crippen molar-refractivity contribution in [3.05, 3.63) is 92.3 Å². The number of nitro groups is 2. The van der Waals surface area contributed by atoms with Crippen molar-refractivity contribution in [2.75, 3.05) is 17.4 Å². The van der Waals surface area contributed by atoms with E-state index in [0.29, 0.717) is 6.54 Å². The van der Waals surface area contributed by atoms with Crippen LogP contribution in [0.1, 0.15) is 15.9 Å². The fraction of sp³-hybridized carbons (Fsp3) is 0.105. The first-order valence-electron chi connectivity index (χ1n) is 8.92. The Balaban J connectivity index is 1.81. The van der Waals surface area contributed by atoms with E-state index in [1.807, 2.05) is 30.3 Å². The van der Waals surface area contributed by atoms with Crippen LogP contribution in [0.5, 0.6) is 0 Å². The minimum Gasteiger partial charge on any atom is -0.349 e. The molecule has 1 heterocycles. The molecular formula is C19H17N7O5. The molecule has 0 aliphatic carbocycles. The molecule has 1 aromatic heterocycles. The number of aromatic nitrogens is 2. The maximum absolute atomic E-state index is 12.3. The van der Waals surface area contributed by atoms with Gasteiger partial charge in [-0.2, -0.15) is 0 Å². The Morgan fingerprint density at radius 1 is 1.03 bits per heavy atom. The van der Waals surface area contributed by atoms with Crippen molar-refractivity contribution >= 4 is 28.9 Å². The van der Waals surface area contributed by atoms with Crippen LogP contribution >= 0.6 is 0 Å². The summed E-state index contributed by atoms with van der Waals surface area (Å²) in [7, 11) is 1.65. The molecule has 0 spiro atoms. The molecular weight excluding hydrogens is 406 g/mol. The number of carbonyl (C=O) groups excluding carboxylic acids is 1. The highest BCUT2D eigenvalue weighted by atomic mass is 16.6. The van der Waals surface area contributed by atoms with Gasteiger partial charge in [-0.1, -0.05) is 36.4 Å². The first-order chi connectivity index (χ1) is 14.9. The minimum atomic E-state index is -0.726. The largest absolute Gasteiger partial charge is 0.355 e. The summed E-state index contributed by atoms with van der Waals surface area (Å²) in [6.07, 6.45) is 1.13. The summed E-state index contributed by atoms with van der Waals surface area (Å²) in [5.74, 6) is -0.902. The molecule has 0 fully saturated rings. The molecule has 158 valence electrons. The van der Waals surface area contributed by atoms with Gasteiger partial charge in [-0.25, -0.2) is 9.97 Å². The maximum atomic E-state index is 12.3. The molecule has 3 aromatic rings. The Hall–Kier alpha value is -4.61. The van der Waals surface area contributed by atoms with Gasteiger partial charge in [-0.15, -0.1) is 0 Å². The Morgan fingerprint density at radius 2 is 1.77 bits per heavy atom. The van der Waals surface area contributed by atoms with Gasteiger partial charge in [0.15, 0.2) is 0 Å². The molecule has 0 radical (unpaired) electrons. The summed E-state index contributed by atoms with van der Waals surface area (Å²) in [6.45, 7) is 0.359. The third-order valence-corrected chi connectivity index (χ3v) is 4.22. The van der Waals surface area contributed by atoms with Crippen LogP contribution in [0.15, 0.2) is 60.9 Å². The van der Waals surface area contributed by atoms with Crippen LogP contribution in [-0.2, 0) is 6.54 Å². The molecule has 3 rings (SSSR count). The summed E-state index contributed by atoms with van der Waals surface area (Å²) in [5, 5.41) is 22.6. The molecule has 0 saturated heterocycles. The number of non-ortho nitro benzene ring substituents is 1. The fourth-order valence-electron chi connectivity index (χ4n) is 2.79. The average molecular weight is 423 g/mol. The van der Waals surface area contributed by atoms with Crippen molar-refractivity contribution in [3.8, 4) is 0 Å². The van der Waals surface area contributed by atoms with Crippen molar-refractivity contribution in [2.45, 2.75) is 6.54 Å². The van der Waals surface area contributed by atoms with Crippen LogP contribution in [0.3, 0.4) is 0 Å². The lowest BCUT2D eigenvalue weighted by Crippen LogP contribution is -2.30. The summed E-state index contributed by atoms with van der Waals surface area (Å²) in [5.41, 5.74) is 4.91. The highest BCUT2D eigenvalue weighted by molar-refractivity contribution is 5.95. The zero-order chi connectivity index (χ0) is 22.4. The smallest absolute Gasteiger partial charge is 0.349 e. The van der Waals surface area contributed by atoms with Gasteiger partial charge in [-0.3, -0.25) is 35.9 Å². The molecule has 1 amide bonds. The zero-order valence-corrected chi connectivity index (χ0v) is 16.3. The molecule has 2 aromatic carbocycles. The number of hydrogen-bond donors (Lipinski definition) is 2. The Kier molecular flexibility index (Phi) is 6.30. The first-order valence-corrected chi connectivity index (χ1v) is 8.92. The van der Waals surface area contributed by atoms with Gasteiger partial charge < -0.3 is 4.90 Å². The summed E-state index contributed by atoms with van der Waals surface area (Å²) < 4.78 is 0. The highest BCUT2D eigenvalue weighted by Crippen LogP contribution is 2.31. The zero-order valence-electron chi connectivity index (χ0n) is 16.3. The average Bonchev–Trinajstić information content (AvgIpc) is 2.77. The van der Waals surface area contributed by atoms with Crippen LogP contribution in [-0.4, -0.2) is 32.8 Å². The van der Waals surface area contributed by atoms with E-state index in [0.717, 1.165) is 18.0 Å². The molecule has 0 atom stereocenters. The van der Waals surface area contributed by atoms with Gasteiger partial charge in [0.05, 0.1) is 9.85 Å². The van der Waals surface area contributed by atoms with E-state index in [1.54, 1.807) is 11.9 Å². The first kappa shape index (κ1) is 21.1. The van der Waals surface area contributed by atoms with Gasteiger partial charge >= 0.3 is 5.69 Å². The molecule has 0 aliphatic heterocycles. The fourth-order valence-corrected chi connectivity index (χ4v) is 2.79. The van der Waals surface area contributed by atoms with Gasteiger partial charge in [0, 0.05) is 31.3 Å². The van der Waals surface area contributed by atoms with E-state index >= 15 is 0 Å². The molecule has 2 N–H and O–H groups in total. The van der Waals surface area contributed by atoms with Crippen LogP contribution in [0.2, 0.25) is 0 Å². The van der Waals surface area contributed by atoms with Crippen LogP contribution in [0, 0.1) is 20.2 Å². The molecule has 0 aliphatic rings. The van der Waals surface area contributed by atoms with Crippen molar-refractivity contribution in [1.82, 2.24) is 15.4 Å². The SMILES string of the molecule is CN(Cc1ccccc1)c1ncnc(NNC(=O)c2cccc([N+](=O)[O-])c2)c1[N+](=O)[O-]. The summed E-state index contributed by atoms with van der Waals surface area (Å²) >= 11 is 0. The van der Waals surface area contributed by atoms with E-state index in [-0.39, 0.29) is 22.9 Å². The topological polar surface area (TPSA) is 156 Å². The van der Waals surface area contributed by atoms with Crippen LogP contribution in [0.25, 0.3) is 0 Å². The standard InChI is InChI=1S/C19H17N7O5/c1-24(11-13-6-3-2-4-7-13)18-16(26(30)31)17(20-12-21-18)22-23-19(27)14-8-5-9-15(10-14)25(28)29/h2-10,12H,11H2,1H3,(H,23,27)(H,20,21,22). The molecule has 0 saturated carbocycles. The van der Waals surface area contributed by atoms with E-state index in [4.69, 9.17) is 0 Å².